The minimum absolute atomic E-state index is 0.222. The Morgan fingerprint density at radius 2 is 1.83 bits per heavy atom. The number of carbonyl (C=O) groups excluding carboxylic acids is 2. The summed E-state index contributed by atoms with van der Waals surface area (Å²) in [6.45, 7) is 6.05. The molecule has 3 aromatic rings. The molecule has 0 radical (unpaired) electrons. The van der Waals surface area contributed by atoms with Crippen molar-refractivity contribution in [2.75, 3.05) is 18.8 Å². The van der Waals surface area contributed by atoms with Gasteiger partial charge in [0.25, 0.3) is 5.91 Å². The Balaban J connectivity index is 1.71. The lowest BCUT2D eigenvalue weighted by molar-refractivity contribution is -0.116. The van der Waals surface area contributed by atoms with Crippen molar-refractivity contribution >= 4 is 28.4 Å². The summed E-state index contributed by atoms with van der Waals surface area (Å²) in [5.74, 6) is 6.11. The number of nitrogens with two attached hydrogens (primary N) is 1. The molecule has 2 amide bonds. The van der Waals surface area contributed by atoms with Crippen LogP contribution in [-0.2, 0) is 4.79 Å². The highest BCUT2D eigenvalue weighted by molar-refractivity contribution is 5.94. The normalized spacial score (nSPS) is 10.0. The zero-order chi connectivity index (χ0) is 21.5. The van der Waals surface area contributed by atoms with Crippen molar-refractivity contribution in [2.24, 2.45) is 0 Å². The lowest BCUT2D eigenvalue weighted by Crippen LogP contribution is -2.33. The molecule has 30 heavy (non-hydrogen) atoms. The molecule has 1 aromatic heterocycles. The van der Waals surface area contributed by atoms with Gasteiger partial charge in [0.05, 0.1) is 5.56 Å². The van der Waals surface area contributed by atoms with Gasteiger partial charge in [0.1, 0.15) is 5.82 Å². The number of pyridine rings is 1. The van der Waals surface area contributed by atoms with E-state index in [-0.39, 0.29) is 11.8 Å². The summed E-state index contributed by atoms with van der Waals surface area (Å²) in [6.07, 6.45) is 2.93. The van der Waals surface area contributed by atoms with Crippen LogP contribution in [0.15, 0.2) is 61.3 Å². The van der Waals surface area contributed by atoms with Crippen molar-refractivity contribution in [2.45, 2.75) is 6.92 Å². The van der Waals surface area contributed by atoms with Crippen LogP contribution in [0.5, 0.6) is 0 Å². The van der Waals surface area contributed by atoms with Crippen molar-refractivity contribution < 1.29 is 9.59 Å². The average molecular weight is 398 g/mol. The van der Waals surface area contributed by atoms with E-state index < -0.39 is 0 Å². The predicted molar refractivity (Wildman–Crippen MR) is 119 cm³/mol. The topological polar surface area (TPSA) is 97.1 Å². The molecule has 3 rings (SSSR count). The highest BCUT2D eigenvalue weighted by Crippen LogP contribution is 2.22. The van der Waals surface area contributed by atoms with E-state index in [0.717, 1.165) is 21.9 Å². The third kappa shape index (κ3) is 5.03. The Morgan fingerprint density at radius 3 is 2.57 bits per heavy atom. The van der Waals surface area contributed by atoms with Gasteiger partial charge in [-0.15, -0.1) is 0 Å². The van der Waals surface area contributed by atoms with Crippen LogP contribution < -0.4 is 16.4 Å². The summed E-state index contributed by atoms with van der Waals surface area (Å²) >= 11 is 0. The van der Waals surface area contributed by atoms with Crippen molar-refractivity contribution in [3.05, 3.63) is 83.6 Å². The quantitative estimate of drug-likeness (QED) is 0.350. The Labute approximate surface area is 175 Å². The third-order valence-electron chi connectivity index (χ3n) is 4.45. The van der Waals surface area contributed by atoms with E-state index in [1.54, 1.807) is 30.5 Å². The molecule has 0 aliphatic heterocycles. The summed E-state index contributed by atoms with van der Waals surface area (Å²) in [6, 6.07) is 13.0. The molecular formula is C24H22N4O2. The summed E-state index contributed by atoms with van der Waals surface area (Å²) in [7, 11) is 0. The number of fused-ring (bicyclic) bond motifs is 1. The number of hydrogen-bond acceptors (Lipinski definition) is 4. The Bertz CT molecular complexity index is 1170. The standard InChI is InChI=1S/C24H22N4O2/c1-3-22(29)26-12-13-27-24(30)18-9-5-17(6-10-18)7-11-20-21-14-16(2)4-8-19(21)15-28-23(20)25/h3-6,8-10,14-15H,1,12-13H2,2H3,(H2,25,28)(H,26,29)(H,27,30). The van der Waals surface area contributed by atoms with Gasteiger partial charge in [0, 0.05) is 41.2 Å². The molecule has 4 N–H and O–H groups in total. The molecule has 6 heteroatoms. The number of aromatic nitrogens is 1. The fourth-order valence-corrected chi connectivity index (χ4v) is 2.85. The van der Waals surface area contributed by atoms with Crippen LogP contribution in [0.4, 0.5) is 5.82 Å². The van der Waals surface area contributed by atoms with Crippen LogP contribution in [0.3, 0.4) is 0 Å². The van der Waals surface area contributed by atoms with Crippen molar-refractivity contribution in [3.63, 3.8) is 0 Å². The third-order valence-corrected chi connectivity index (χ3v) is 4.45. The van der Waals surface area contributed by atoms with Crippen LogP contribution in [0.2, 0.25) is 0 Å². The second-order valence-corrected chi connectivity index (χ2v) is 6.69. The van der Waals surface area contributed by atoms with Crippen molar-refractivity contribution in [1.29, 1.82) is 0 Å². The number of nitrogen functional groups attached to an aromatic ring is 1. The van der Waals surface area contributed by atoms with E-state index >= 15 is 0 Å². The van der Waals surface area contributed by atoms with Gasteiger partial charge in [-0.2, -0.15) is 0 Å². The van der Waals surface area contributed by atoms with E-state index in [0.29, 0.717) is 30.0 Å². The molecular weight excluding hydrogens is 376 g/mol. The first kappa shape index (κ1) is 20.6. The first-order valence-corrected chi connectivity index (χ1v) is 9.43. The first-order valence-electron chi connectivity index (χ1n) is 9.43. The minimum Gasteiger partial charge on any atom is -0.383 e. The van der Waals surface area contributed by atoms with E-state index in [4.69, 9.17) is 5.73 Å². The fourth-order valence-electron chi connectivity index (χ4n) is 2.85. The van der Waals surface area contributed by atoms with Crippen molar-refractivity contribution in [3.8, 4) is 11.8 Å². The average Bonchev–Trinajstić information content (AvgIpc) is 2.76. The summed E-state index contributed by atoms with van der Waals surface area (Å²) in [5.41, 5.74) is 9.14. The molecule has 2 aromatic carbocycles. The maximum Gasteiger partial charge on any atom is 0.251 e. The van der Waals surface area contributed by atoms with Gasteiger partial charge in [-0.05, 0) is 43.3 Å². The molecule has 1 heterocycles. The monoisotopic (exact) mass is 398 g/mol. The number of nitrogens with one attached hydrogen (secondary N) is 2. The number of aryl methyl sites for hydroxylation is 1. The number of hydrogen-bond donors (Lipinski definition) is 3. The Kier molecular flexibility index (Phi) is 6.46. The van der Waals surface area contributed by atoms with Gasteiger partial charge in [0.2, 0.25) is 5.91 Å². The maximum absolute atomic E-state index is 12.2. The van der Waals surface area contributed by atoms with Crippen LogP contribution >= 0.6 is 0 Å². The molecule has 0 saturated heterocycles. The smallest absolute Gasteiger partial charge is 0.251 e. The molecule has 0 fully saturated rings. The minimum atomic E-state index is -0.274. The van der Waals surface area contributed by atoms with Crippen LogP contribution in [0.25, 0.3) is 10.8 Å². The summed E-state index contributed by atoms with van der Waals surface area (Å²) in [4.78, 5) is 27.5. The molecule has 0 aliphatic carbocycles. The number of nitrogens with zero attached hydrogens (tertiary/aromatic N) is 1. The number of rotatable bonds is 5. The lowest BCUT2D eigenvalue weighted by Gasteiger charge is -2.06. The van der Waals surface area contributed by atoms with Crippen LogP contribution in [-0.4, -0.2) is 29.9 Å². The van der Waals surface area contributed by atoms with Crippen LogP contribution in [0, 0.1) is 18.8 Å². The molecule has 0 unspecified atom stereocenters. The Morgan fingerprint density at radius 1 is 1.10 bits per heavy atom. The summed E-state index contributed by atoms with van der Waals surface area (Å²) in [5, 5.41) is 7.28. The molecule has 0 atom stereocenters. The molecule has 150 valence electrons. The predicted octanol–water partition coefficient (Wildman–Crippen LogP) is 2.56. The number of anilines is 1. The van der Waals surface area contributed by atoms with Gasteiger partial charge in [-0.1, -0.05) is 36.1 Å². The second-order valence-electron chi connectivity index (χ2n) is 6.69. The SMILES string of the molecule is C=CC(=O)NCCNC(=O)c1ccc(C#Cc2c(N)ncc3ccc(C)cc23)cc1. The largest absolute Gasteiger partial charge is 0.383 e. The van der Waals surface area contributed by atoms with E-state index in [1.807, 2.05) is 25.1 Å². The van der Waals surface area contributed by atoms with Gasteiger partial charge in [-0.3, -0.25) is 9.59 Å². The maximum atomic E-state index is 12.2. The number of benzene rings is 2. The molecule has 6 nitrogen and oxygen atoms in total. The Hall–Kier alpha value is -4.11. The summed E-state index contributed by atoms with van der Waals surface area (Å²) < 4.78 is 0. The lowest BCUT2D eigenvalue weighted by atomic mass is 10.0. The van der Waals surface area contributed by atoms with Crippen molar-refractivity contribution in [1.82, 2.24) is 15.6 Å². The van der Waals surface area contributed by atoms with E-state index in [9.17, 15) is 9.59 Å². The fraction of sp³-hybridized carbons (Fsp3) is 0.125. The van der Waals surface area contributed by atoms with Gasteiger partial charge in [0.15, 0.2) is 0 Å². The highest BCUT2D eigenvalue weighted by Gasteiger charge is 2.06. The zero-order valence-corrected chi connectivity index (χ0v) is 16.7. The van der Waals surface area contributed by atoms with E-state index in [2.05, 4.69) is 34.0 Å². The number of carbonyl (C=O) groups is 2. The first-order chi connectivity index (χ1) is 14.5. The van der Waals surface area contributed by atoms with Crippen LogP contribution in [0.1, 0.15) is 27.0 Å². The molecule has 0 spiro atoms. The molecule has 0 bridgehead atoms. The van der Waals surface area contributed by atoms with Gasteiger partial charge >= 0.3 is 0 Å². The highest BCUT2D eigenvalue weighted by atomic mass is 16.2. The zero-order valence-electron chi connectivity index (χ0n) is 16.7. The van der Waals surface area contributed by atoms with Gasteiger partial charge < -0.3 is 16.4 Å². The molecule has 0 saturated carbocycles. The molecule has 0 aliphatic rings. The van der Waals surface area contributed by atoms with Gasteiger partial charge in [-0.25, -0.2) is 4.98 Å². The number of amides is 2. The van der Waals surface area contributed by atoms with E-state index in [1.165, 1.54) is 6.08 Å². The second kappa shape index (κ2) is 9.39.